The molecule has 0 saturated heterocycles. The Morgan fingerprint density at radius 1 is 1.18 bits per heavy atom. The summed E-state index contributed by atoms with van der Waals surface area (Å²) in [6.07, 6.45) is 0. The molecule has 28 heavy (non-hydrogen) atoms. The molecule has 2 aromatic heterocycles. The van der Waals surface area contributed by atoms with E-state index in [0.29, 0.717) is 23.8 Å². The number of nitrogens with two attached hydrogens (primary N) is 1. The molecule has 2 heterocycles. The molecule has 0 bridgehead atoms. The molecule has 0 atom stereocenters. The molecular formula is C21H26N2O3S2. The summed E-state index contributed by atoms with van der Waals surface area (Å²) in [5.74, 6) is 0.402. The van der Waals surface area contributed by atoms with Gasteiger partial charge in [-0.05, 0) is 48.5 Å². The Hall–Kier alpha value is -2.09. The molecule has 0 saturated carbocycles. The maximum Gasteiger partial charge on any atom is 0.341 e. The van der Waals surface area contributed by atoms with Gasteiger partial charge in [0.2, 0.25) is 0 Å². The Bertz CT molecular complexity index is 931. The van der Waals surface area contributed by atoms with Crippen LogP contribution in [0.3, 0.4) is 0 Å². The van der Waals surface area contributed by atoms with Gasteiger partial charge in [-0.3, -0.25) is 0 Å². The first kappa shape index (κ1) is 20.6. The summed E-state index contributed by atoms with van der Waals surface area (Å²) in [5.41, 5.74) is 8.76. The van der Waals surface area contributed by atoms with Crippen LogP contribution in [0.5, 0.6) is 5.75 Å². The van der Waals surface area contributed by atoms with Gasteiger partial charge in [-0.2, -0.15) is 11.3 Å². The molecule has 3 rings (SSSR count). The lowest BCUT2D eigenvalue weighted by Gasteiger charge is -2.19. The second-order valence-electron chi connectivity index (χ2n) is 6.27. The molecule has 0 spiro atoms. The van der Waals surface area contributed by atoms with Gasteiger partial charge in [-0.25, -0.2) is 4.79 Å². The second kappa shape index (κ2) is 9.41. The summed E-state index contributed by atoms with van der Waals surface area (Å²) in [7, 11) is 0. The number of carbonyl (C=O) groups excluding carboxylic acids is 1. The lowest BCUT2D eigenvalue weighted by molar-refractivity contribution is 0.0530. The number of rotatable bonds is 9. The maximum absolute atomic E-state index is 12.4. The fraction of sp³-hybridized carbons (Fsp3) is 0.381. The second-order valence-corrected chi connectivity index (χ2v) is 8.10. The number of esters is 1. The minimum absolute atomic E-state index is 0.315. The van der Waals surface area contributed by atoms with Crippen molar-refractivity contribution in [1.29, 1.82) is 0 Å². The van der Waals surface area contributed by atoms with Crippen LogP contribution in [0.15, 0.2) is 29.0 Å². The zero-order valence-corrected chi connectivity index (χ0v) is 18.1. The van der Waals surface area contributed by atoms with Gasteiger partial charge in [0, 0.05) is 17.5 Å². The third-order valence-electron chi connectivity index (χ3n) is 4.70. The first-order valence-corrected chi connectivity index (χ1v) is 11.3. The first-order valence-electron chi connectivity index (χ1n) is 9.50. The van der Waals surface area contributed by atoms with Crippen molar-refractivity contribution in [3.05, 3.63) is 34.5 Å². The standard InChI is InChI=1S/C21H26N2O3S2/c1-4-23(5-2)10-11-26-18-15(14-9-12-27-13-14)7-8-16-17(21(24)25-6-3)20(22)28-19(16)18/h7-9,12-13H,4-6,10-11,22H2,1-3H3. The van der Waals surface area contributed by atoms with E-state index in [0.717, 1.165) is 46.6 Å². The van der Waals surface area contributed by atoms with E-state index in [9.17, 15) is 4.79 Å². The Morgan fingerprint density at radius 3 is 2.61 bits per heavy atom. The predicted molar refractivity (Wildman–Crippen MR) is 119 cm³/mol. The number of hydrogen-bond acceptors (Lipinski definition) is 7. The SMILES string of the molecule is CCOC(=O)c1c(N)sc2c(OCCN(CC)CC)c(-c3ccsc3)ccc12. The molecule has 0 aliphatic rings. The number of carbonyl (C=O) groups is 1. The Kier molecular flexibility index (Phi) is 6.93. The van der Waals surface area contributed by atoms with Gasteiger partial charge in [0.25, 0.3) is 0 Å². The molecule has 1 aromatic carbocycles. The highest BCUT2D eigenvalue weighted by Gasteiger charge is 2.23. The number of anilines is 1. The first-order chi connectivity index (χ1) is 13.6. The number of likely N-dealkylation sites (N-methyl/N-ethyl adjacent to an activating group) is 1. The van der Waals surface area contributed by atoms with E-state index in [2.05, 4.69) is 30.2 Å². The van der Waals surface area contributed by atoms with Crippen LogP contribution in [0.4, 0.5) is 5.00 Å². The average molecular weight is 419 g/mol. The molecule has 0 unspecified atom stereocenters. The largest absolute Gasteiger partial charge is 0.490 e. The summed E-state index contributed by atoms with van der Waals surface area (Å²) >= 11 is 3.03. The molecule has 3 aromatic rings. The molecule has 7 heteroatoms. The third kappa shape index (κ3) is 4.16. The van der Waals surface area contributed by atoms with Crippen molar-refractivity contribution in [2.24, 2.45) is 0 Å². The quantitative estimate of drug-likeness (QED) is 0.489. The molecule has 0 aliphatic carbocycles. The minimum Gasteiger partial charge on any atom is -0.490 e. The molecule has 0 aliphatic heterocycles. The number of thiophene rings is 2. The lowest BCUT2D eigenvalue weighted by Crippen LogP contribution is -2.28. The summed E-state index contributed by atoms with van der Waals surface area (Å²) in [5, 5.41) is 5.40. The van der Waals surface area contributed by atoms with Crippen LogP contribution in [0, 0.1) is 0 Å². The molecule has 0 amide bonds. The van der Waals surface area contributed by atoms with E-state index in [1.165, 1.54) is 11.3 Å². The fourth-order valence-corrected chi connectivity index (χ4v) is 4.89. The van der Waals surface area contributed by atoms with Crippen LogP contribution < -0.4 is 10.5 Å². The highest BCUT2D eigenvalue weighted by Crippen LogP contribution is 2.45. The molecule has 0 radical (unpaired) electrons. The van der Waals surface area contributed by atoms with Crippen molar-refractivity contribution in [3.8, 4) is 16.9 Å². The van der Waals surface area contributed by atoms with Gasteiger partial charge in [0.15, 0.2) is 0 Å². The van der Waals surface area contributed by atoms with Crippen molar-refractivity contribution in [2.45, 2.75) is 20.8 Å². The van der Waals surface area contributed by atoms with Gasteiger partial charge in [0.1, 0.15) is 22.9 Å². The molecule has 2 N–H and O–H groups in total. The monoisotopic (exact) mass is 418 g/mol. The van der Waals surface area contributed by atoms with Gasteiger partial charge in [-0.1, -0.05) is 19.9 Å². The molecule has 150 valence electrons. The highest BCUT2D eigenvalue weighted by atomic mass is 32.1. The smallest absolute Gasteiger partial charge is 0.341 e. The van der Waals surface area contributed by atoms with E-state index in [1.54, 1.807) is 18.3 Å². The van der Waals surface area contributed by atoms with Crippen LogP contribution >= 0.6 is 22.7 Å². The van der Waals surface area contributed by atoms with Crippen molar-refractivity contribution in [1.82, 2.24) is 4.90 Å². The number of benzene rings is 1. The average Bonchev–Trinajstić information content (AvgIpc) is 3.32. The van der Waals surface area contributed by atoms with Crippen LogP contribution in [-0.2, 0) is 4.74 Å². The molecule has 5 nitrogen and oxygen atoms in total. The van der Waals surface area contributed by atoms with E-state index < -0.39 is 0 Å². The maximum atomic E-state index is 12.4. The number of ether oxygens (including phenoxy) is 2. The Labute approximate surface area is 173 Å². The normalized spacial score (nSPS) is 11.3. The summed E-state index contributed by atoms with van der Waals surface area (Å²) in [6, 6.07) is 6.02. The van der Waals surface area contributed by atoms with Crippen molar-refractivity contribution in [2.75, 3.05) is 38.6 Å². The van der Waals surface area contributed by atoms with Gasteiger partial charge < -0.3 is 20.1 Å². The van der Waals surface area contributed by atoms with E-state index >= 15 is 0 Å². The van der Waals surface area contributed by atoms with Crippen LogP contribution in [-0.4, -0.2) is 43.7 Å². The highest BCUT2D eigenvalue weighted by molar-refractivity contribution is 7.23. The van der Waals surface area contributed by atoms with Crippen LogP contribution in [0.2, 0.25) is 0 Å². The third-order valence-corrected chi connectivity index (χ3v) is 6.42. The zero-order chi connectivity index (χ0) is 20.1. The molecule has 0 fully saturated rings. The Balaban J connectivity index is 2.04. The van der Waals surface area contributed by atoms with Gasteiger partial charge >= 0.3 is 5.97 Å². The number of fused-ring (bicyclic) bond motifs is 1. The topological polar surface area (TPSA) is 64.8 Å². The van der Waals surface area contributed by atoms with Crippen molar-refractivity contribution >= 4 is 43.7 Å². The number of nitrogens with zero attached hydrogens (tertiary/aromatic N) is 1. The fourth-order valence-electron chi connectivity index (χ4n) is 3.17. The summed E-state index contributed by atoms with van der Waals surface area (Å²) in [4.78, 5) is 14.7. The summed E-state index contributed by atoms with van der Waals surface area (Å²) < 4.78 is 12.4. The van der Waals surface area contributed by atoms with Gasteiger partial charge in [-0.15, -0.1) is 11.3 Å². The van der Waals surface area contributed by atoms with Crippen molar-refractivity contribution < 1.29 is 14.3 Å². The van der Waals surface area contributed by atoms with E-state index in [4.69, 9.17) is 15.2 Å². The van der Waals surface area contributed by atoms with E-state index in [1.807, 2.05) is 17.5 Å². The van der Waals surface area contributed by atoms with Gasteiger partial charge in [0.05, 0.1) is 11.3 Å². The van der Waals surface area contributed by atoms with Crippen LogP contribution in [0.1, 0.15) is 31.1 Å². The number of nitrogen functional groups attached to an aromatic ring is 1. The Morgan fingerprint density at radius 2 is 1.96 bits per heavy atom. The zero-order valence-electron chi connectivity index (χ0n) is 16.5. The summed E-state index contributed by atoms with van der Waals surface area (Å²) in [6.45, 7) is 9.79. The van der Waals surface area contributed by atoms with E-state index in [-0.39, 0.29) is 5.97 Å². The van der Waals surface area contributed by atoms with Crippen molar-refractivity contribution in [3.63, 3.8) is 0 Å². The molecular weight excluding hydrogens is 392 g/mol. The lowest BCUT2D eigenvalue weighted by atomic mass is 10.0. The minimum atomic E-state index is -0.386. The predicted octanol–water partition coefficient (Wildman–Crippen LogP) is 5.11. The number of hydrogen-bond donors (Lipinski definition) is 1. The van der Waals surface area contributed by atoms with Crippen LogP contribution in [0.25, 0.3) is 21.2 Å².